The Morgan fingerprint density at radius 1 is 1.29 bits per heavy atom. The molecule has 0 spiro atoms. The van der Waals surface area contributed by atoms with Gasteiger partial charge in [-0.2, -0.15) is 5.10 Å². The highest BCUT2D eigenvalue weighted by molar-refractivity contribution is 6.18. The van der Waals surface area contributed by atoms with E-state index in [2.05, 4.69) is 43.6 Å². The molecule has 1 aliphatic heterocycles. The minimum atomic E-state index is -2.95. The average molecular weight is 539 g/mol. The lowest BCUT2D eigenvalue weighted by Gasteiger charge is -2.25. The fourth-order valence-electron chi connectivity index (χ4n) is 5.04. The molecule has 38 heavy (non-hydrogen) atoms. The molecule has 3 aromatic rings. The molecule has 9 heteroatoms. The number of anilines is 1. The van der Waals surface area contributed by atoms with Gasteiger partial charge in [-0.05, 0) is 85.6 Å². The van der Waals surface area contributed by atoms with Crippen molar-refractivity contribution in [2.45, 2.75) is 51.4 Å². The number of rotatable bonds is 9. The fourth-order valence-corrected chi connectivity index (χ4v) is 5.14. The van der Waals surface area contributed by atoms with E-state index >= 15 is 0 Å². The van der Waals surface area contributed by atoms with Crippen molar-refractivity contribution < 1.29 is 8.78 Å². The zero-order valence-electron chi connectivity index (χ0n) is 21.8. The van der Waals surface area contributed by atoms with Crippen LogP contribution in [0.1, 0.15) is 55.2 Å². The van der Waals surface area contributed by atoms with E-state index in [4.69, 9.17) is 16.6 Å². The van der Waals surface area contributed by atoms with Crippen LogP contribution in [-0.4, -0.2) is 51.6 Å². The number of nitrogens with zero attached hydrogens (tertiary/aromatic N) is 4. The molecule has 2 fully saturated rings. The van der Waals surface area contributed by atoms with E-state index in [1.54, 1.807) is 0 Å². The monoisotopic (exact) mass is 538 g/mol. The van der Waals surface area contributed by atoms with E-state index in [-0.39, 0.29) is 0 Å². The van der Waals surface area contributed by atoms with Crippen LogP contribution in [0.3, 0.4) is 0 Å². The summed E-state index contributed by atoms with van der Waals surface area (Å²) >= 11 is 5.45. The van der Waals surface area contributed by atoms with Crippen LogP contribution in [0.5, 0.6) is 0 Å². The predicted octanol–water partition coefficient (Wildman–Crippen LogP) is 6.47. The van der Waals surface area contributed by atoms with Gasteiger partial charge in [0.25, 0.3) is 5.92 Å². The van der Waals surface area contributed by atoms with Crippen molar-refractivity contribution in [3.05, 3.63) is 76.4 Å². The third kappa shape index (κ3) is 5.90. The molecular weight excluding hydrogens is 506 g/mol. The average Bonchev–Trinajstić information content (AvgIpc) is 3.59. The van der Waals surface area contributed by atoms with Crippen molar-refractivity contribution >= 4 is 23.5 Å². The smallest absolute Gasteiger partial charge is 0.278 e. The minimum absolute atomic E-state index is 0.434. The van der Waals surface area contributed by atoms with Gasteiger partial charge in [0.2, 0.25) is 0 Å². The van der Waals surface area contributed by atoms with Crippen molar-refractivity contribution in [3.8, 4) is 11.4 Å². The van der Waals surface area contributed by atoms with E-state index in [0.717, 1.165) is 72.6 Å². The molecule has 0 radical (unpaired) electrons. The molecule has 2 aliphatic rings. The van der Waals surface area contributed by atoms with Gasteiger partial charge in [-0.25, -0.2) is 18.7 Å². The second-order valence-corrected chi connectivity index (χ2v) is 10.5. The molecule has 0 amide bonds. The molecule has 1 aromatic carbocycles. The largest absolute Gasteiger partial charge is 0.379 e. The van der Waals surface area contributed by atoms with Crippen LogP contribution in [0.15, 0.2) is 59.7 Å². The van der Waals surface area contributed by atoms with Crippen LogP contribution in [0, 0.1) is 6.92 Å². The Hall–Kier alpha value is -3.26. The molecule has 1 saturated carbocycles. The molecule has 0 bridgehead atoms. The first-order valence-electron chi connectivity index (χ1n) is 13.1. The molecule has 200 valence electrons. The van der Waals surface area contributed by atoms with Crippen molar-refractivity contribution in [3.63, 3.8) is 0 Å². The third-order valence-electron chi connectivity index (χ3n) is 7.48. The van der Waals surface area contributed by atoms with Gasteiger partial charge in [0, 0.05) is 42.7 Å². The SMILES string of the molecule is C/C(=C\c1cc(-c2nccc(N3CCC(c4cn[nH]c4)C3)n2)ccc1C)C(NCC(F)(F)CCl)=C1CCC1. The molecule has 3 heterocycles. The summed E-state index contributed by atoms with van der Waals surface area (Å²) in [5.41, 5.74) is 7.18. The molecule has 1 aliphatic carbocycles. The number of alkyl halides is 3. The first kappa shape index (κ1) is 26.4. The lowest BCUT2D eigenvalue weighted by atomic mass is 9.88. The summed E-state index contributed by atoms with van der Waals surface area (Å²) < 4.78 is 27.7. The zero-order chi connectivity index (χ0) is 26.7. The second-order valence-electron chi connectivity index (χ2n) is 10.3. The summed E-state index contributed by atoms with van der Waals surface area (Å²) in [6, 6.07) is 8.12. The van der Waals surface area contributed by atoms with Gasteiger partial charge in [-0.15, -0.1) is 11.6 Å². The fraction of sp³-hybridized carbons (Fsp3) is 0.414. The number of benzene rings is 1. The van der Waals surface area contributed by atoms with Crippen molar-refractivity contribution in [2.24, 2.45) is 0 Å². The summed E-state index contributed by atoms with van der Waals surface area (Å²) in [6.07, 6.45) is 11.7. The first-order chi connectivity index (χ1) is 18.3. The Morgan fingerprint density at radius 2 is 2.13 bits per heavy atom. The topological polar surface area (TPSA) is 69.7 Å². The number of halogens is 3. The highest BCUT2D eigenvalue weighted by Crippen LogP contribution is 2.33. The van der Waals surface area contributed by atoms with E-state index in [0.29, 0.717) is 11.7 Å². The molecule has 2 aromatic heterocycles. The molecule has 1 atom stereocenters. The van der Waals surface area contributed by atoms with E-state index in [9.17, 15) is 8.78 Å². The molecule has 6 nitrogen and oxygen atoms in total. The molecule has 5 rings (SSSR count). The Balaban J connectivity index is 1.37. The molecule has 1 saturated heterocycles. The van der Waals surface area contributed by atoms with Gasteiger partial charge in [0.05, 0.1) is 18.6 Å². The second kappa shape index (κ2) is 11.2. The van der Waals surface area contributed by atoms with Crippen LogP contribution >= 0.6 is 11.6 Å². The number of aromatic nitrogens is 4. The summed E-state index contributed by atoms with van der Waals surface area (Å²) in [4.78, 5) is 11.7. The van der Waals surface area contributed by atoms with Crippen LogP contribution in [-0.2, 0) is 0 Å². The highest BCUT2D eigenvalue weighted by atomic mass is 35.5. The number of nitrogens with one attached hydrogen (secondary N) is 2. The lowest BCUT2D eigenvalue weighted by molar-refractivity contribution is 0.0291. The highest BCUT2D eigenvalue weighted by Gasteiger charge is 2.29. The minimum Gasteiger partial charge on any atom is -0.379 e. The summed E-state index contributed by atoms with van der Waals surface area (Å²) in [7, 11) is 0. The summed E-state index contributed by atoms with van der Waals surface area (Å²) in [6.45, 7) is 5.37. The quantitative estimate of drug-likeness (QED) is 0.305. The summed E-state index contributed by atoms with van der Waals surface area (Å²) in [5, 5.41) is 9.99. The Bertz CT molecular complexity index is 1330. The number of allylic oxidation sites excluding steroid dienone is 2. The Kier molecular flexibility index (Phi) is 7.79. The van der Waals surface area contributed by atoms with Crippen LogP contribution in [0.2, 0.25) is 0 Å². The van der Waals surface area contributed by atoms with Crippen molar-refractivity contribution in [1.82, 2.24) is 25.5 Å². The normalized spacial score (nSPS) is 18.0. The van der Waals surface area contributed by atoms with Gasteiger partial charge in [0.15, 0.2) is 5.82 Å². The van der Waals surface area contributed by atoms with Gasteiger partial charge in [0.1, 0.15) is 5.82 Å². The molecular formula is C29H33ClF2N6. The van der Waals surface area contributed by atoms with Crippen molar-refractivity contribution in [2.75, 3.05) is 30.4 Å². The van der Waals surface area contributed by atoms with Crippen LogP contribution < -0.4 is 10.2 Å². The maximum atomic E-state index is 13.9. The number of aryl methyl sites for hydroxylation is 1. The van der Waals surface area contributed by atoms with Crippen LogP contribution in [0.4, 0.5) is 14.6 Å². The van der Waals surface area contributed by atoms with E-state index in [1.165, 1.54) is 11.1 Å². The maximum absolute atomic E-state index is 13.9. The molecule has 2 N–H and O–H groups in total. The number of hydrogen-bond donors (Lipinski definition) is 2. The predicted molar refractivity (Wildman–Crippen MR) is 149 cm³/mol. The number of H-pyrrole nitrogens is 1. The Morgan fingerprint density at radius 3 is 2.84 bits per heavy atom. The third-order valence-corrected chi connectivity index (χ3v) is 7.87. The lowest BCUT2D eigenvalue weighted by Crippen LogP contribution is -2.35. The standard InChI is InChI=1S/C29H33ClF2N6/c1-19-6-7-22(13-24(19)12-20(2)27(21-4-3-5-21)34-18-29(31,32)17-30)28-33-10-8-26(37-28)38-11-9-23(16-38)25-14-35-36-15-25/h6-8,10,12-15,23,34H,3-5,9,11,16-18H2,1-2H3,(H,35,36)/b20-12+. The maximum Gasteiger partial charge on any atom is 0.278 e. The van der Waals surface area contributed by atoms with Crippen LogP contribution in [0.25, 0.3) is 17.5 Å². The van der Waals surface area contributed by atoms with E-state index < -0.39 is 18.3 Å². The number of hydrogen-bond acceptors (Lipinski definition) is 5. The van der Waals surface area contributed by atoms with Crippen molar-refractivity contribution in [1.29, 1.82) is 0 Å². The Labute approximate surface area is 227 Å². The van der Waals surface area contributed by atoms with Gasteiger partial charge < -0.3 is 10.2 Å². The molecule has 1 unspecified atom stereocenters. The van der Waals surface area contributed by atoms with Gasteiger partial charge in [-0.3, -0.25) is 5.10 Å². The first-order valence-corrected chi connectivity index (χ1v) is 13.6. The number of aromatic amines is 1. The zero-order valence-corrected chi connectivity index (χ0v) is 22.5. The summed E-state index contributed by atoms with van der Waals surface area (Å²) in [5.74, 6) is -1.64. The van der Waals surface area contributed by atoms with Gasteiger partial charge >= 0.3 is 0 Å². The van der Waals surface area contributed by atoms with E-state index in [1.807, 2.05) is 44.6 Å². The van der Waals surface area contributed by atoms with Gasteiger partial charge in [-0.1, -0.05) is 12.1 Å².